The predicted octanol–water partition coefficient (Wildman–Crippen LogP) is 7.74. The number of benzene rings is 2. The molecule has 204 valence electrons. The van der Waals surface area contributed by atoms with Gasteiger partial charge in [0.25, 0.3) is 0 Å². The fourth-order valence-corrected chi connectivity index (χ4v) is 6.54. The van der Waals surface area contributed by atoms with Gasteiger partial charge in [0.15, 0.2) is 0 Å². The minimum Gasteiger partial charge on any atom is -0.469 e. The van der Waals surface area contributed by atoms with E-state index in [0.717, 1.165) is 37.8 Å². The average Bonchev–Trinajstić information content (AvgIpc) is 2.84. The van der Waals surface area contributed by atoms with E-state index in [9.17, 15) is 18.0 Å². The van der Waals surface area contributed by atoms with Gasteiger partial charge in [0, 0.05) is 18.5 Å². The Kier molecular flexibility index (Phi) is 9.67. The van der Waals surface area contributed by atoms with Gasteiger partial charge in [-0.15, -0.1) is 0 Å². The molecule has 3 atom stereocenters. The quantitative estimate of drug-likeness (QED) is 0.244. The van der Waals surface area contributed by atoms with Crippen molar-refractivity contribution in [3.63, 3.8) is 0 Å². The van der Waals surface area contributed by atoms with Crippen LogP contribution in [0.2, 0.25) is 19.6 Å². The minimum absolute atomic E-state index is 0.00503. The number of methoxy groups -OCH3 is 1. The van der Waals surface area contributed by atoms with Crippen LogP contribution in [0, 0.1) is 11.8 Å². The number of ether oxygens (including phenoxy) is 1. The maximum absolute atomic E-state index is 13.3. The molecule has 0 radical (unpaired) electrons. The Morgan fingerprint density at radius 1 is 1.03 bits per heavy atom. The van der Waals surface area contributed by atoms with Crippen molar-refractivity contribution in [2.75, 3.05) is 13.7 Å². The highest BCUT2D eigenvalue weighted by Gasteiger charge is 2.36. The Hall–Kier alpha value is -2.12. The second-order valence-electron chi connectivity index (χ2n) is 11.9. The summed E-state index contributed by atoms with van der Waals surface area (Å²) in [5, 5.41) is 1.39. The molecule has 1 aliphatic heterocycles. The van der Waals surface area contributed by atoms with Crippen LogP contribution in [0.15, 0.2) is 48.5 Å². The van der Waals surface area contributed by atoms with Crippen LogP contribution < -0.4 is 5.19 Å². The molecule has 0 aliphatic carbocycles. The van der Waals surface area contributed by atoms with Gasteiger partial charge in [-0.05, 0) is 67.3 Å². The van der Waals surface area contributed by atoms with Gasteiger partial charge < -0.3 is 4.74 Å². The van der Waals surface area contributed by atoms with Crippen molar-refractivity contribution in [3.05, 3.63) is 65.2 Å². The number of piperidine rings is 1. The van der Waals surface area contributed by atoms with E-state index in [2.05, 4.69) is 62.7 Å². The third kappa shape index (κ3) is 7.93. The van der Waals surface area contributed by atoms with Crippen LogP contribution >= 0.6 is 0 Å². The average molecular weight is 534 g/mol. The smallest absolute Gasteiger partial charge is 0.416 e. The van der Waals surface area contributed by atoms with E-state index in [1.165, 1.54) is 30.0 Å². The van der Waals surface area contributed by atoms with Crippen LogP contribution in [0.4, 0.5) is 13.2 Å². The Morgan fingerprint density at radius 2 is 1.65 bits per heavy atom. The molecule has 0 bridgehead atoms. The molecule has 0 amide bonds. The van der Waals surface area contributed by atoms with Gasteiger partial charge in [-0.2, -0.15) is 13.2 Å². The van der Waals surface area contributed by atoms with Crippen molar-refractivity contribution in [1.29, 1.82) is 0 Å². The van der Waals surface area contributed by atoms with Crippen molar-refractivity contribution >= 4 is 19.2 Å². The fraction of sp³-hybridized carbons (Fsp3) is 0.567. The summed E-state index contributed by atoms with van der Waals surface area (Å²) < 4.78 is 44.7. The summed E-state index contributed by atoms with van der Waals surface area (Å²) in [6.07, 6.45) is -0.426. The van der Waals surface area contributed by atoms with Crippen LogP contribution in [0.1, 0.15) is 74.7 Å². The highest BCUT2D eigenvalue weighted by atomic mass is 28.3. The minimum atomic E-state index is -4.35. The number of alkyl halides is 3. The van der Waals surface area contributed by atoms with E-state index in [1.807, 2.05) is 0 Å². The monoisotopic (exact) mass is 533 g/mol. The molecule has 1 aliphatic rings. The van der Waals surface area contributed by atoms with Crippen LogP contribution in [-0.2, 0) is 15.7 Å². The summed E-state index contributed by atoms with van der Waals surface area (Å²) in [6.45, 7) is 12.1. The molecule has 0 spiro atoms. The molecule has 0 saturated carbocycles. The number of hydrogen-bond acceptors (Lipinski definition) is 3. The second-order valence-corrected chi connectivity index (χ2v) is 17.0. The maximum atomic E-state index is 13.3. The Labute approximate surface area is 221 Å². The molecular weight excluding hydrogens is 491 g/mol. The molecule has 7 heteroatoms. The zero-order valence-electron chi connectivity index (χ0n) is 23.1. The van der Waals surface area contributed by atoms with Gasteiger partial charge in [-0.25, -0.2) is 0 Å². The summed E-state index contributed by atoms with van der Waals surface area (Å²) in [4.78, 5) is 14.6. The van der Waals surface area contributed by atoms with Crippen molar-refractivity contribution in [1.82, 2.24) is 4.90 Å². The van der Waals surface area contributed by atoms with Gasteiger partial charge in [-0.1, -0.05) is 75.1 Å². The lowest BCUT2D eigenvalue weighted by Gasteiger charge is -2.45. The lowest BCUT2D eigenvalue weighted by Crippen LogP contribution is -2.41. The fourth-order valence-electron chi connectivity index (χ4n) is 5.38. The van der Waals surface area contributed by atoms with Gasteiger partial charge in [0.1, 0.15) is 0 Å². The Bertz CT molecular complexity index is 1010. The zero-order valence-corrected chi connectivity index (χ0v) is 24.1. The zero-order chi connectivity index (χ0) is 27.4. The molecule has 0 unspecified atom stereocenters. The van der Waals surface area contributed by atoms with E-state index in [4.69, 9.17) is 4.74 Å². The molecule has 1 fully saturated rings. The number of carbonyl (C=O) groups excluding carboxylic acids is 1. The first kappa shape index (κ1) is 29.4. The van der Waals surface area contributed by atoms with Gasteiger partial charge in [-0.3, -0.25) is 9.69 Å². The molecule has 3 rings (SSSR count). The van der Waals surface area contributed by atoms with E-state index in [-0.39, 0.29) is 24.0 Å². The topological polar surface area (TPSA) is 29.5 Å². The molecule has 1 saturated heterocycles. The van der Waals surface area contributed by atoms with E-state index >= 15 is 0 Å². The van der Waals surface area contributed by atoms with Crippen molar-refractivity contribution in [3.8, 4) is 0 Å². The summed E-state index contributed by atoms with van der Waals surface area (Å²) in [7, 11) is -0.0231. The first-order valence-corrected chi connectivity index (χ1v) is 16.9. The molecule has 0 N–H and O–H groups in total. The van der Waals surface area contributed by atoms with Gasteiger partial charge >= 0.3 is 12.1 Å². The molecule has 37 heavy (non-hydrogen) atoms. The molecule has 2 aromatic carbocycles. The predicted molar refractivity (Wildman–Crippen MR) is 146 cm³/mol. The molecule has 3 nitrogen and oxygen atoms in total. The number of nitrogens with zero attached hydrogens (tertiary/aromatic N) is 1. The van der Waals surface area contributed by atoms with Crippen LogP contribution in [0.5, 0.6) is 0 Å². The number of esters is 1. The number of halogens is 3. The first-order valence-electron chi connectivity index (χ1n) is 13.4. The van der Waals surface area contributed by atoms with Crippen LogP contribution in [0.25, 0.3) is 0 Å². The van der Waals surface area contributed by atoms with E-state index in [0.29, 0.717) is 12.3 Å². The Balaban J connectivity index is 1.99. The highest BCUT2D eigenvalue weighted by molar-refractivity contribution is 6.88. The molecular formula is C30H42F3NO2Si. The third-order valence-corrected chi connectivity index (χ3v) is 9.70. The van der Waals surface area contributed by atoms with Crippen LogP contribution in [-0.4, -0.2) is 32.6 Å². The van der Waals surface area contributed by atoms with Gasteiger partial charge in [0.05, 0.1) is 20.7 Å². The van der Waals surface area contributed by atoms with E-state index < -0.39 is 19.8 Å². The number of carbonyl (C=O) groups is 1. The molecule has 2 aromatic rings. The number of hydrogen-bond donors (Lipinski definition) is 0. The standard InChI is InChI=1S/C30H42F3NO2Si/c1-21(2)7-16-27(23-8-12-25(13-9-23)30(31,32)33)34-18-17-22(20-29(35)36-3)19-28(34)24-10-14-26(15-11-24)37(4,5)6/h8-15,21-22,27-28H,7,16-20H2,1-6H3/t22-,27-,28+/m1/s1. The lowest BCUT2D eigenvalue weighted by atomic mass is 9.82. The Morgan fingerprint density at radius 3 is 2.16 bits per heavy atom. The van der Waals surface area contributed by atoms with Crippen LogP contribution in [0.3, 0.4) is 0 Å². The normalized spacial score (nSPS) is 20.2. The van der Waals surface area contributed by atoms with Crippen molar-refractivity contribution in [2.45, 2.75) is 83.9 Å². The summed E-state index contributed by atoms with van der Waals surface area (Å²) in [6, 6.07) is 14.7. The largest absolute Gasteiger partial charge is 0.469 e. The number of likely N-dealkylation sites (tertiary alicyclic amines) is 1. The summed E-state index contributed by atoms with van der Waals surface area (Å²) >= 11 is 0. The molecule has 1 heterocycles. The number of rotatable bonds is 9. The SMILES string of the molecule is COC(=O)C[C@@H]1CCN([C@H](CCC(C)C)c2ccc(C(F)(F)F)cc2)[C@H](c2ccc([Si](C)(C)C)cc2)C1. The first-order chi connectivity index (χ1) is 17.3. The summed E-state index contributed by atoms with van der Waals surface area (Å²) in [5.74, 6) is 0.511. The molecule has 0 aromatic heterocycles. The van der Waals surface area contributed by atoms with E-state index in [1.54, 1.807) is 12.1 Å². The second kappa shape index (κ2) is 12.2. The van der Waals surface area contributed by atoms with Crippen molar-refractivity contribution < 1.29 is 22.7 Å². The van der Waals surface area contributed by atoms with Crippen molar-refractivity contribution in [2.24, 2.45) is 11.8 Å². The third-order valence-electron chi connectivity index (χ3n) is 7.64. The maximum Gasteiger partial charge on any atom is 0.416 e. The van der Waals surface area contributed by atoms with Gasteiger partial charge in [0.2, 0.25) is 0 Å². The lowest BCUT2D eigenvalue weighted by molar-refractivity contribution is -0.142. The highest BCUT2D eigenvalue weighted by Crippen LogP contribution is 2.43. The summed E-state index contributed by atoms with van der Waals surface area (Å²) in [5.41, 5.74) is 1.51.